The maximum Gasteiger partial charge on any atom is 0.280 e. The van der Waals surface area contributed by atoms with E-state index in [0.717, 1.165) is 15.8 Å². The van der Waals surface area contributed by atoms with Crippen LogP contribution in [0.5, 0.6) is 10.9 Å². The van der Waals surface area contributed by atoms with Gasteiger partial charge < -0.3 is 4.74 Å². The number of ether oxygens (including phenoxy) is 1. The third-order valence-electron chi connectivity index (χ3n) is 1.79. The van der Waals surface area contributed by atoms with Crippen LogP contribution >= 0.6 is 38.9 Å². The summed E-state index contributed by atoms with van der Waals surface area (Å²) in [5.74, 6) is 0.765. The second kappa shape index (κ2) is 4.51. The van der Waals surface area contributed by atoms with Gasteiger partial charge in [0.05, 0.1) is 0 Å². The van der Waals surface area contributed by atoms with Crippen LogP contribution in [0.15, 0.2) is 28.1 Å². The van der Waals surface area contributed by atoms with Crippen LogP contribution in [-0.2, 0) is 0 Å². The molecule has 1 aromatic heterocycles. The molecule has 5 heteroatoms. The van der Waals surface area contributed by atoms with Gasteiger partial charge >= 0.3 is 0 Å². The Bertz CT molecular complexity index is 486. The number of rotatable bonds is 2. The van der Waals surface area contributed by atoms with Crippen LogP contribution in [0.1, 0.15) is 5.56 Å². The molecular formula is C10H7BrClNOS. The zero-order valence-corrected chi connectivity index (χ0v) is 11.0. The van der Waals surface area contributed by atoms with Crippen molar-refractivity contribution in [2.45, 2.75) is 6.92 Å². The van der Waals surface area contributed by atoms with E-state index in [1.54, 1.807) is 5.38 Å². The fourth-order valence-electron chi connectivity index (χ4n) is 1.07. The van der Waals surface area contributed by atoms with Crippen molar-refractivity contribution < 1.29 is 4.74 Å². The van der Waals surface area contributed by atoms with E-state index in [-0.39, 0.29) is 0 Å². The Morgan fingerprint density at radius 1 is 1.47 bits per heavy atom. The Morgan fingerprint density at radius 2 is 2.27 bits per heavy atom. The average molecular weight is 305 g/mol. The lowest BCUT2D eigenvalue weighted by Crippen LogP contribution is -1.84. The maximum absolute atomic E-state index is 5.69. The van der Waals surface area contributed by atoms with E-state index in [9.17, 15) is 0 Å². The number of hydrogen-bond acceptors (Lipinski definition) is 3. The Hall–Kier alpha value is -0.580. The summed E-state index contributed by atoms with van der Waals surface area (Å²) in [5, 5.41) is 2.76. The van der Waals surface area contributed by atoms with Crippen molar-refractivity contribution in [3.8, 4) is 10.9 Å². The first-order valence-electron chi connectivity index (χ1n) is 4.20. The van der Waals surface area contributed by atoms with Gasteiger partial charge in [-0.1, -0.05) is 38.9 Å². The molecule has 0 N–H and O–H groups in total. The van der Waals surface area contributed by atoms with Crippen LogP contribution in [0.3, 0.4) is 0 Å². The van der Waals surface area contributed by atoms with E-state index in [2.05, 4.69) is 20.9 Å². The summed E-state index contributed by atoms with van der Waals surface area (Å²) in [6.45, 7) is 2.01. The smallest absolute Gasteiger partial charge is 0.280 e. The molecule has 0 aliphatic carbocycles. The number of hydrogen-bond donors (Lipinski definition) is 0. The van der Waals surface area contributed by atoms with Crippen LogP contribution < -0.4 is 4.74 Å². The quantitative estimate of drug-likeness (QED) is 0.805. The predicted octanol–water partition coefficient (Wildman–Crippen LogP) is 4.66. The number of nitrogens with zero attached hydrogens (tertiary/aromatic N) is 1. The Morgan fingerprint density at radius 3 is 2.87 bits per heavy atom. The normalized spacial score (nSPS) is 10.3. The highest BCUT2D eigenvalue weighted by molar-refractivity contribution is 9.10. The molecule has 0 radical (unpaired) electrons. The van der Waals surface area contributed by atoms with Gasteiger partial charge in [0.1, 0.15) is 10.9 Å². The van der Waals surface area contributed by atoms with Crippen LogP contribution in [-0.4, -0.2) is 4.98 Å². The Balaban J connectivity index is 2.21. The minimum absolute atomic E-state index is 0.462. The molecule has 0 atom stereocenters. The number of aromatic nitrogens is 1. The minimum Gasteiger partial charge on any atom is -0.431 e. The SMILES string of the molecule is Cc1cc(Oc2nc(Cl)cs2)ccc1Br. The number of halogens is 2. The second-order valence-electron chi connectivity index (χ2n) is 2.95. The lowest BCUT2D eigenvalue weighted by Gasteiger charge is -2.03. The van der Waals surface area contributed by atoms with E-state index >= 15 is 0 Å². The molecule has 0 amide bonds. The molecule has 0 spiro atoms. The second-order valence-corrected chi connectivity index (χ2v) is 5.01. The van der Waals surface area contributed by atoms with Gasteiger partial charge in [-0.3, -0.25) is 0 Å². The van der Waals surface area contributed by atoms with Gasteiger partial charge in [0.15, 0.2) is 0 Å². The lowest BCUT2D eigenvalue weighted by atomic mass is 10.2. The minimum atomic E-state index is 0.462. The molecule has 0 fully saturated rings. The van der Waals surface area contributed by atoms with Gasteiger partial charge in [-0.2, -0.15) is 4.98 Å². The van der Waals surface area contributed by atoms with E-state index < -0.39 is 0 Å². The highest BCUT2D eigenvalue weighted by Crippen LogP contribution is 2.29. The standard InChI is InChI=1S/C10H7BrClNOS/c1-6-4-7(2-3-8(6)11)14-10-13-9(12)5-15-10/h2-5H,1H3. The molecule has 2 nitrogen and oxygen atoms in total. The molecule has 0 aliphatic heterocycles. The van der Waals surface area contributed by atoms with Crippen molar-refractivity contribution in [1.29, 1.82) is 0 Å². The van der Waals surface area contributed by atoms with Gasteiger partial charge in [-0.05, 0) is 30.7 Å². The molecule has 0 aliphatic rings. The van der Waals surface area contributed by atoms with Crippen LogP contribution in [0, 0.1) is 6.92 Å². The molecule has 1 aromatic carbocycles. The number of benzene rings is 1. The Kier molecular flexibility index (Phi) is 3.29. The first kappa shape index (κ1) is 10.9. The average Bonchev–Trinajstić information content (AvgIpc) is 2.58. The van der Waals surface area contributed by atoms with E-state index in [4.69, 9.17) is 16.3 Å². The maximum atomic E-state index is 5.69. The first-order valence-corrected chi connectivity index (χ1v) is 6.25. The summed E-state index contributed by atoms with van der Waals surface area (Å²) >= 11 is 10.5. The van der Waals surface area contributed by atoms with Crippen molar-refractivity contribution >= 4 is 38.9 Å². The largest absolute Gasteiger partial charge is 0.431 e. The molecular weight excluding hydrogens is 298 g/mol. The first-order chi connectivity index (χ1) is 7.15. The monoisotopic (exact) mass is 303 g/mol. The summed E-state index contributed by atoms with van der Waals surface area (Å²) in [5.41, 5.74) is 1.12. The molecule has 2 rings (SSSR count). The van der Waals surface area contributed by atoms with Gasteiger partial charge in [-0.15, -0.1) is 0 Å². The molecule has 0 saturated carbocycles. The summed E-state index contributed by atoms with van der Waals surface area (Å²) < 4.78 is 6.60. The fraction of sp³-hybridized carbons (Fsp3) is 0.100. The van der Waals surface area contributed by atoms with Crippen LogP contribution in [0.4, 0.5) is 0 Å². The molecule has 15 heavy (non-hydrogen) atoms. The summed E-state index contributed by atoms with van der Waals surface area (Å²) in [4.78, 5) is 4.01. The van der Waals surface area contributed by atoms with Gasteiger partial charge in [0.25, 0.3) is 5.19 Å². The fourth-order valence-corrected chi connectivity index (χ4v) is 2.12. The Labute approximate surface area is 105 Å². The summed E-state index contributed by atoms with van der Waals surface area (Å²) in [7, 11) is 0. The van der Waals surface area contributed by atoms with Gasteiger partial charge in [0.2, 0.25) is 0 Å². The lowest BCUT2D eigenvalue weighted by molar-refractivity contribution is 0.478. The van der Waals surface area contributed by atoms with Gasteiger partial charge in [0, 0.05) is 9.85 Å². The summed E-state index contributed by atoms with van der Waals surface area (Å²) in [6.07, 6.45) is 0. The summed E-state index contributed by atoms with van der Waals surface area (Å²) in [6, 6.07) is 5.77. The molecule has 78 valence electrons. The van der Waals surface area contributed by atoms with Crippen molar-refractivity contribution in [2.24, 2.45) is 0 Å². The van der Waals surface area contributed by atoms with E-state index in [1.807, 2.05) is 25.1 Å². The van der Waals surface area contributed by atoms with Crippen LogP contribution in [0.2, 0.25) is 5.15 Å². The predicted molar refractivity (Wildman–Crippen MR) is 66.1 cm³/mol. The third-order valence-corrected chi connectivity index (χ3v) is 3.72. The zero-order chi connectivity index (χ0) is 10.8. The molecule has 2 aromatic rings. The highest BCUT2D eigenvalue weighted by atomic mass is 79.9. The number of aryl methyl sites for hydroxylation is 1. The molecule has 1 heterocycles. The molecule has 0 unspecified atom stereocenters. The zero-order valence-electron chi connectivity index (χ0n) is 7.83. The molecule has 0 saturated heterocycles. The van der Waals surface area contributed by atoms with Gasteiger partial charge in [-0.25, -0.2) is 0 Å². The van der Waals surface area contributed by atoms with E-state index in [1.165, 1.54) is 11.3 Å². The van der Waals surface area contributed by atoms with Crippen molar-refractivity contribution in [3.63, 3.8) is 0 Å². The topological polar surface area (TPSA) is 22.1 Å². The third kappa shape index (κ3) is 2.71. The number of thiazole rings is 1. The highest BCUT2D eigenvalue weighted by Gasteiger charge is 2.03. The van der Waals surface area contributed by atoms with Crippen LogP contribution in [0.25, 0.3) is 0 Å². The van der Waals surface area contributed by atoms with Crippen molar-refractivity contribution in [1.82, 2.24) is 4.98 Å². The van der Waals surface area contributed by atoms with E-state index in [0.29, 0.717) is 10.3 Å². The van der Waals surface area contributed by atoms with Crippen molar-refractivity contribution in [2.75, 3.05) is 0 Å². The molecule has 0 bridgehead atoms. The van der Waals surface area contributed by atoms with Crippen molar-refractivity contribution in [3.05, 3.63) is 38.8 Å².